The lowest BCUT2D eigenvalue weighted by molar-refractivity contribution is -0.138. The van der Waals surface area contributed by atoms with Crippen LogP contribution in [0.15, 0.2) is 29.2 Å². The quantitative estimate of drug-likeness (QED) is 0.668. The molecule has 7 nitrogen and oxygen atoms in total. The standard InChI is InChI=1S/C18H28N2O5S/c1-12(2)18(6,11-15(21)22)19-16(23)13-7-9-14(10-8-13)26(24,25)20-17(3,4)5/h7-10,12,20H,11H2,1-6H3,(H,19,23)(H,21,22). The molecule has 0 aromatic heterocycles. The molecule has 1 aromatic carbocycles. The second kappa shape index (κ2) is 7.75. The highest BCUT2D eigenvalue weighted by Gasteiger charge is 2.33. The molecule has 1 aromatic rings. The number of carboxylic acids is 1. The van der Waals surface area contributed by atoms with Crippen LogP contribution in [0, 0.1) is 5.92 Å². The van der Waals surface area contributed by atoms with Gasteiger partial charge in [0.1, 0.15) is 0 Å². The summed E-state index contributed by atoms with van der Waals surface area (Å²) in [5.74, 6) is -1.55. The summed E-state index contributed by atoms with van der Waals surface area (Å²) in [5.41, 5.74) is -1.27. The van der Waals surface area contributed by atoms with Gasteiger partial charge in [0.05, 0.1) is 16.9 Å². The lowest BCUT2D eigenvalue weighted by Crippen LogP contribution is -2.51. The van der Waals surface area contributed by atoms with Gasteiger partial charge >= 0.3 is 5.97 Å². The normalized spacial score (nSPS) is 14.7. The summed E-state index contributed by atoms with van der Waals surface area (Å²) in [7, 11) is -3.68. The second-order valence-electron chi connectivity index (χ2n) is 7.98. The molecule has 0 saturated carbocycles. The van der Waals surface area contributed by atoms with E-state index in [4.69, 9.17) is 5.11 Å². The molecule has 0 aliphatic carbocycles. The van der Waals surface area contributed by atoms with Crippen LogP contribution < -0.4 is 10.0 Å². The number of carbonyl (C=O) groups excluding carboxylic acids is 1. The second-order valence-corrected chi connectivity index (χ2v) is 9.66. The van der Waals surface area contributed by atoms with Crippen molar-refractivity contribution in [2.24, 2.45) is 5.92 Å². The van der Waals surface area contributed by atoms with Gasteiger partial charge in [-0.3, -0.25) is 9.59 Å². The van der Waals surface area contributed by atoms with Gasteiger partial charge in [-0.2, -0.15) is 0 Å². The number of rotatable bonds is 7. The third kappa shape index (κ3) is 6.10. The van der Waals surface area contributed by atoms with Crippen molar-refractivity contribution in [3.05, 3.63) is 29.8 Å². The maximum Gasteiger partial charge on any atom is 0.305 e. The summed E-state index contributed by atoms with van der Waals surface area (Å²) < 4.78 is 27.1. The maximum atomic E-state index is 12.5. The van der Waals surface area contributed by atoms with Crippen LogP contribution in [-0.4, -0.2) is 36.5 Å². The Bertz CT molecular complexity index is 764. The molecule has 0 spiro atoms. The zero-order valence-corrected chi connectivity index (χ0v) is 16.9. The minimum absolute atomic E-state index is 0.0566. The fraction of sp³-hybridized carbons (Fsp3) is 0.556. The van der Waals surface area contributed by atoms with Crippen LogP contribution in [-0.2, 0) is 14.8 Å². The third-order valence-corrected chi connectivity index (χ3v) is 5.83. The molecule has 0 aliphatic rings. The fourth-order valence-corrected chi connectivity index (χ4v) is 3.70. The van der Waals surface area contributed by atoms with Gasteiger partial charge in [0.15, 0.2) is 0 Å². The molecule has 1 rings (SSSR count). The monoisotopic (exact) mass is 384 g/mol. The molecule has 3 N–H and O–H groups in total. The smallest absolute Gasteiger partial charge is 0.305 e. The summed E-state index contributed by atoms with van der Waals surface area (Å²) in [6, 6.07) is 5.53. The lowest BCUT2D eigenvalue weighted by atomic mass is 9.85. The van der Waals surface area contributed by atoms with Crippen LogP contribution in [0.2, 0.25) is 0 Å². The van der Waals surface area contributed by atoms with Crippen LogP contribution in [0.5, 0.6) is 0 Å². The van der Waals surface area contributed by atoms with E-state index in [0.717, 1.165) is 0 Å². The first kappa shape index (κ1) is 22.1. The first-order valence-electron chi connectivity index (χ1n) is 8.35. The number of amides is 1. The van der Waals surface area contributed by atoms with Crippen LogP contribution >= 0.6 is 0 Å². The van der Waals surface area contributed by atoms with Gasteiger partial charge in [0.2, 0.25) is 10.0 Å². The van der Waals surface area contributed by atoms with Crippen molar-refractivity contribution in [3.63, 3.8) is 0 Å². The van der Waals surface area contributed by atoms with Crippen molar-refractivity contribution < 1.29 is 23.1 Å². The fourth-order valence-electron chi connectivity index (χ4n) is 2.29. The van der Waals surface area contributed by atoms with Gasteiger partial charge in [-0.25, -0.2) is 13.1 Å². The Morgan fingerprint density at radius 3 is 1.96 bits per heavy atom. The third-order valence-electron chi connectivity index (χ3n) is 4.06. The highest BCUT2D eigenvalue weighted by atomic mass is 32.2. The molecule has 0 bridgehead atoms. The minimum Gasteiger partial charge on any atom is -0.481 e. The number of carboxylic acid groups (broad SMARTS) is 1. The average molecular weight is 384 g/mol. The van der Waals surface area contributed by atoms with Gasteiger partial charge in [0, 0.05) is 11.1 Å². The van der Waals surface area contributed by atoms with Crippen molar-refractivity contribution in [3.8, 4) is 0 Å². The van der Waals surface area contributed by atoms with E-state index in [9.17, 15) is 18.0 Å². The average Bonchev–Trinajstić information content (AvgIpc) is 2.43. The first-order valence-corrected chi connectivity index (χ1v) is 9.83. The Balaban J connectivity index is 3.01. The molecule has 146 valence electrons. The number of nitrogens with one attached hydrogen (secondary N) is 2. The summed E-state index contributed by atoms with van der Waals surface area (Å²) in [4.78, 5) is 23.6. The van der Waals surface area contributed by atoms with Crippen molar-refractivity contribution in [2.45, 2.75) is 63.9 Å². The summed E-state index contributed by atoms with van der Waals surface area (Å²) >= 11 is 0. The van der Waals surface area contributed by atoms with E-state index in [1.54, 1.807) is 27.7 Å². The van der Waals surface area contributed by atoms with Crippen molar-refractivity contribution in [2.75, 3.05) is 0 Å². The molecular weight excluding hydrogens is 356 g/mol. The van der Waals surface area contributed by atoms with Crippen LogP contribution in [0.25, 0.3) is 0 Å². The predicted octanol–water partition coefficient (Wildman–Crippen LogP) is 2.38. The van der Waals surface area contributed by atoms with Gasteiger partial charge in [-0.1, -0.05) is 13.8 Å². The van der Waals surface area contributed by atoms with Crippen LogP contribution in [0.3, 0.4) is 0 Å². The van der Waals surface area contributed by atoms with Crippen molar-refractivity contribution in [1.82, 2.24) is 10.0 Å². The molecule has 26 heavy (non-hydrogen) atoms. The van der Waals surface area contributed by atoms with Crippen LogP contribution in [0.1, 0.15) is 58.3 Å². The van der Waals surface area contributed by atoms with Gasteiger partial charge < -0.3 is 10.4 Å². The molecular formula is C18H28N2O5S. The maximum absolute atomic E-state index is 12.5. The van der Waals surface area contributed by atoms with E-state index in [1.165, 1.54) is 24.3 Å². The van der Waals surface area contributed by atoms with Crippen molar-refractivity contribution >= 4 is 21.9 Å². The number of carbonyl (C=O) groups is 2. The molecule has 0 aliphatic heterocycles. The topological polar surface area (TPSA) is 113 Å². The molecule has 8 heteroatoms. The Morgan fingerprint density at radius 1 is 1.08 bits per heavy atom. The number of aliphatic carboxylic acids is 1. The Labute approximate surface area is 155 Å². The molecule has 0 saturated heterocycles. The van der Waals surface area contributed by atoms with Gasteiger partial charge in [-0.05, 0) is 57.9 Å². The Hall–Kier alpha value is -1.93. The Morgan fingerprint density at radius 2 is 1.58 bits per heavy atom. The number of sulfonamides is 1. The molecule has 0 heterocycles. The van der Waals surface area contributed by atoms with Crippen molar-refractivity contribution in [1.29, 1.82) is 0 Å². The van der Waals surface area contributed by atoms with E-state index >= 15 is 0 Å². The number of hydrogen-bond donors (Lipinski definition) is 3. The van der Waals surface area contributed by atoms with E-state index in [0.29, 0.717) is 0 Å². The first-order chi connectivity index (χ1) is 11.7. The highest BCUT2D eigenvalue weighted by molar-refractivity contribution is 7.89. The predicted molar refractivity (Wildman–Crippen MR) is 99.5 cm³/mol. The molecule has 1 atom stereocenters. The van der Waals surface area contributed by atoms with Gasteiger partial charge in [-0.15, -0.1) is 0 Å². The minimum atomic E-state index is -3.68. The van der Waals surface area contributed by atoms with E-state index in [1.807, 2.05) is 13.8 Å². The summed E-state index contributed by atoms with van der Waals surface area (Å²) in [6.45, 7) is 10.6. The van der Waals surface area contributed by atoms with E-state index in [2.05, 4.69) is 10.0 Å². The number of hydrogen-bond acceptors (Lipinski definition) is 4. The molecule has 1 unspecified atom stereocenters. The molecule has 0 radical (unpaired) electrons. The van der Waals surface area contributed by atoms with E-state index < -0.39 is 33.0 Å². The molecule has 1 amide bonds. The number of benzene rings is 1. The van der Waals surface area contributed by atoms with Gasteiger partial charge in [0.25, 0.3) is 5.91 Å². The van der Waals surface area contributed by atoms with Crippen LogP contribution in [0.4, 0.5) is 0 Å². The van der Waals surface area contributed by atoms with E-state index in [-0.39, 0.29) is 22.8 Å². The largest absolute Gasteiger partial charge is 0.481 e. The zero-order chi connectivity index (χ0) is 20.3. The Kier molecular flexibility index (Phi) is 6.59. The lowest BCUT2D eigenvalue weighted by Gasteiger charge is -2.33. The highest BCUT2D eigenvalue weighted by Crippen LogP contribution is 2.22. The summed E-state index contributed by atoms with van der Waals surface area (Å²) in [5, 5.41) is 11.8. The zero-order valence-electron chi connectivity index (χ0n) is 16.1. The summed E-state index contributed by atoms with van der Waals surface area (Å²) in [6.07, 6.45) is -0.210. The SMILES string of the molecule is CC(C)C(C)(CC(=O)O)NC(=O)c1ccc(S(=O)(=O)NC(C)(C)C)cc1. The molecule has 0 fully saturated rings.